The van der Waals surface area contributed by atoms with Crippen LogP contribution in [0.15, 0.2) is 12.2 Å². The Hall–Kier alpha value is -0.870. The van der Waals surface area contributed by atoms with Gasteiger partial charge in [-0.1, -0.05) is 12.2 Å². The van der Waals surface area contributed by atoms with Crippen molar-refractivity contribution < 1.29 is 19.0 Å². The summed E-state index contributed by atoms with van der Waals surface area (Å²) >= 11 is 0. The number of esters is 1. The summed E-state index contributed by atoms with van der Waals surface area (Å²) in [4.78, 5) is 10.9. The first-order valence-corrected chi connectivity index (χ1v) is 5.98. The highest BCUT2D eigenvalue weighted by Gasteiger charge is 2.11. The SMILES string of the molecule is COC(=O)C/C=C\CC(OC(C)C)OC(C)C. The molecule has 4 nitrogen and oxygen atoms in total. The largest absolute Gasteiger partial charge is 0.469 e. The van der Waals surface area contributed by atoms with Gasteiger partial charge in [0.15, 0.2) is 6.29 Å². The zero-order valence-electron chi connectivity index (χ0n) is 11.4. The Morgan fingerprint density at radius 3 is 2.00 bits per heavy atom. The van der Waals surface area contributed by atoms with Crippen molar-refractivity contribution in [3.63, 3.8) is 0 Å². The molecule has 0 spiro atoms. The molecule has 4 heteroatoms. The fourth-order valence-corrected chi connectivity index (χ4v) is 1.22. The van der Waals surface area contributed by atoms with Gasteiger partial charge in [-0.05, 0) is 27.7 Å². The molecule has 0 bridgehead atoms. The molecule has 0 aliphatic heterocycles. The van der Waals surface area contributed by atoms with E-state index in [9.17, 15) is 4.79 Å². The summed E-state index contributed by atoms with van der Waals surface area (Å²) in [5.41, 5.74) is 0. The quantitative estimate of drug-likeness (QED) is 0.374. The summed E-state index contributed by atoms with van der Waals surface area (Å²) in [5.74, 6) is -0.243. The molecule has 0 N–H and O–H groups in total. The minimum absolute atomic E-state index is 0.118. The molecule has 0 aliphatic rings. The molecule has 0 saturated carbocycles. The average molecular weight is 244 g/mol. The molecular formula is C13H24O4. The molecule has 0 atom stereocenters. The van der Waals surface area contributed by atoms with Gasteiger partial charge in [0.2, 0.25) is 0 Å². The van der Waals surface area contributed by atoms with E-state index in [1.807, 2.05) is 33.8 Å². The second-order valence-corrected chi connectivity index (χ2v) is 4.29. The second-order valence-electron chi connectivity index (χ2n) is 4.29. The van der Waals surface area contributed by atoms with E-state index in [4.69, 9.17) is 9.47 Å². The van der Waals surface area contributed by atoms with Crippen molar-refractivity contribution in [2.75, 3.05) is 7.11 Å². The third-order valence-corrected chi connectivity index (χ3v) is 1.86. The first kappa shape index (κ1) is 16.1. The Kier molecular flexibility index (Phi) is 8.72. The molecule has 0 fully saturated rings. The summed E-state index contributed by atoms with van der Waals surface area (Å²) < 4.78 is 15.7. The van der Waals surface area contributed by atoms with Crippen LogP contribution >= 0.6 is 0 Å². The Bertz CT molecular complexity index is 224. The molecule has 0 aromatic rings. The zero-order chi connectivity index (χ0) is 13.3. The minimum Gasteiger partial charge on any atom is -0.469 e. The smallest absolute Gasteiger partial charge is 0.309 e. The molecule has 100 valence electrons. The van der Waals surface area contributed by atoms with Gasteiger partial charge in [-0.2, -0.15) is 0 Å². The van der Waals surface area contributed by atoms with E-state index in [1.165, 1.54) is 7.11 Å². The predicted octanol–water partition coefficient (Wildman–Crippen LogP) is 2.67. The van der Waals surface area contributed by atoms with Gasteiger partial charge >= 0.3 is 5.97 Å². The van der Waals surface area contributed by atoms with Crippen LogP contribution in [0, 0.1) is 0 Å². The Labute approximate surface area is 104 Å². The van der Waals surface area contributed by atoms with Gasteiger partial charge in [0.1, 0.15) is 0 Å². The fourth-order valence-electron chi connectivity index (χ4n) is 1.22. The van der Waals surface area contributed by atoms with E-state index in [0.717, 1.165) is 0 Å². The maximum atomic E-state index is 10.9. The number of methoxy groups -OCH3 is 1. The van der Waals surface area contributed by atoms with Gasteiger partial charge in [0.05, 0.1) is 25.7 Å². The molecule has 0 aliphatic carbocycles. The van der Waals surface area contributed by atoms with Crippen LogP contribution in [0.5, 0.6) is 0 Å². The molecule has 0 radical (unpaired) electrons. The van der Waals surface area contributed by atoms with Crippen LogP contribution in [0.1, 0.15) is 40.5 Å². The summed E-state index contributed by atoms with van der Waals surface area (Å²) in [6.07, 6.45) is 4.54. The first-order valence-electron chi connectivity index (χ1n) is 5.98. The summed E-state index contributed by atoms with van der Waals surface area (Å²) in [5, 5.41) is 0. The number of rotatable bonds is 8. The fraction of sp³-hybridized carbons (Fsp3) is 0.769. The molecule has 0 unspecified atom stereocenters. The Balaban J connectivity index is 4.01. The van der Waals surface area contributed by atoms with Gasteiger partial charge in [-0.15, -0.1) is 0 Å². The van der Waals surface area contributed by atoms with Crippen LogP contribution in [0.25, 0.3) is 0 Å². The normalized spacial score (nSPS) is 12.0. The lowest BCUT2D eigenvalue weighted by Gasteiger charge is -2.21. The maximum Gasteiger partial charge on any atom is 0.309 e. The second kappa shape index (κ2) is 9.19. The van der Waals surface area contributed by atoms with E-state index in [1.54, 1.807) is 6.08 Å². The van der Waals surface area contributed by atoms with Gasteiger partial charge < -0.3 is 14.2 Å². The Morgan fingerprint density at radius 1 is 1.06 bits per heavy atom. The molecule has 0 aromatic heterocycles. The van der Waals surface area contributed by atoms with Crippen LogP contribution in [0.2, 0.25) is 0 Å². The van der Waals surface area contributed by atoms with Crippen LogP contribution in [-0.4, -0.2) is 31.6 Å². The van der Waals surface area contributed by atoms with Gasteiger partial charge in [0.25, 0.3) is 0 Å². The third-order valence-electron chi connectivity index (χ3n) is 1.86. The lowest BCUT2D eigenvalue weighted by Crippen LogP contribution is -2.23. The van der Waals surface area contributed by atoms with Crippen molar-refractivity contribution in [1.29, 1.82) is 0 Å². The van der Waals surface area contributed by atoms with E-state index in [2.05, 4.69) is 4.74 Å². The topological polar surface area (TPSA) is 44.8 Å². The van der Waals surface area contributed by atoms with Gasteiger partial charge in [-0.3, -0.25) is 4.79 Å². The van der Waals surface area contributed by atoms with Crippen LogP contribution in [0.3, 0.4) is 0 Å². The standard InChI is InChI=1S/C13H24O4/c1-10(2)16-13(17-11(3)4)9-7-6-8-12(14)15-5/h6-7,10-11,13H,8-9H2,1-5H3/b7-6-. The molecule has 0 rings (SSSR count). The number of hydrogen-bond acceptors (Lipinski definition) is 4. The Morgan fingerprint density at radius 2 is 1.59 bits per heavy atom. The van der Waals surface area contributed by atoms with E-state index >= 15 is 0 Å². The summed E-state index contributed by atoms with van der Waals surface area (Å²) in [6.45, 7) is 7.87. The number of carbonyl (C=O) groups is 1. The summed E-state index contributed by atoms with van der Waals surface area (Å²) in [6, 6.07) is 0. The van der Waals surface area contributed by atoms with Crippen molar-refractivity contribution in [1.82, 2.24) is 0 Å². The average Bonchev–Trinajstić information content (AvgIpc) is 2.22. The van der Waals surface area contributed by atoms with E-state index in [0.29, 0.717) is 6.42 Å². The molecular weight excluding hydrogens is 220 g/mol. The van der Waals surface area contributed by atoms with Crippen molar-refractivity contribution >= 4 is 5.97 Å². The number of carbonyl (C=O) groups excluding carboxylic acids is 1. The van der Waals surface area contributed by atoms with Crippen LogP contribution < -0.4 is 0 Å². The lowest BCUT2D eigenvalue weighted by atomic mass is 10.3. The predicted molar refractivity (Wildman–Crippen MR) is 66.6 cm³/mol. The van der Waals surface area contributed by atoms with Crippen molar-refractivity contribution in [3.8, 4) is 0 Å². The van der Waals surface area contributed by atoms with Crippen molar-refractivity contribution in [3.05, 3.63) is 12.2 Å². The highest BCUT2D eigenvalue weighted by atomic mass is 16.7. The van der Waals surface area contributed by atoms with E-state index < -0.39 is 0 Å². The zero-order valence-corrected chi connectivity index (χ0v) is 11.4. The van der Waals surface area contributed by atoms with Crippen molar-refractivity contribution in [2.45, 2.75) is 59.0 Å². The lowest BCUT2D eigenvalue weighted by molar-refractivity contribution is -0.178. The summed E-state index contributed by atoms with van der Waals surface area (Å²) in [7, 11) is 1.38. The molecule has 0 amide bonds. The molecule has 0 heterocycles. The molecule has 17 heavy (non-hydrogen) atoms. The molecule has 0 saturated heterocycles. The molecule has 0 aromatic carbocycles. The first-order chi connectivity index (χ1) is 7.95. The van der Waals surface area contributed by atoms with Crippen molar-refractivity contribution in [2.24, 2.45) is 0 Å². The van der Waals surface area contributed by atoms with Gasteiger partial charge in [0, 0.05) is 6.42 Å². The van der Waals surface area contributed by atoms with Gasteiger partial charge in [-0.25, -0.2) is 0 Å². The van der Waals surface area contributed by atoms with Crippen LogP contribution in [0.4, 0.5) is 0 Å². The minimum atomic E-state index is -0.260. The highest BCUT2D eigenvalue weighted by molar-refractivity contribution is 5.70. The van der Waals surface area contributed by atoms with Crippen LogP contribution in [-0.2, 0) is 19.0 Å². The number of ether oxygens (including phenoxy) is 3. The maximum absolute atomic E-state index is 10.9. The monoisotopic (exact) mass is 244 g/mol. The highest BCUT2D eigenvalue weighted by Crippen LogP contribution is 2.09. The number of hydrogen-bond donors (Lipinski definition) is 0. The third kappa shape index (κ3) is 10.0. The van der Waals surface area contributed by atoms with E-state index in [-0.39, 0.29) is 30.9 Å².